The number of aromatic nitrogens is 2. The average molecular weight is 458 g/mol. The molecule has 1 saturated heterocycles. The smallest absolute Gasteiger partial charge is 0.284 e. The minimum Gasteiger partial charge on any atom is -0.394 e. The van der Waals surface area contributed by atoms with Crippen LogP contribution in [0.3, 0.4) is 0 Å². The molecule has 1 aliphatic heterocycles. The van der Waals surface area contributed by atoms with Crippen molar-refractivity contribution in [1.29, 1.82) is 0 Å². The zero-order chi connectivity index (χ0) is 22.7. The summed E-state index contributed by atoms with van der Waals surface area (Å²) in [5.74, 6) is -1.22. The summed E-state index contributed by atoms with van der Waals surface area (Å²) in [7, 11) is 0. The molecule has 32 heavy (non-hydrogen) atoms. The van der Waals surface area contributed by atoms with E-state index in [2.05, 4.69) is 10.4 Å². The monoisotopic (exact) mass is 457 g/mol. The number of carbonyl (C=O) groups is 1. The fourth-order valence-electron chi connectivity index (χ4n) is 3.62. The lowest BCUT2D eigenvalue weighted by Crippen LogP contribution is -2.47. The average Bonchev–Trinajstić information content (AvgIpc) is 3.33. The van der Waals surface area contributed by atoms with E-state index in [1.807, 2.05) is 0 Å². The van der Waals surface area contributed by atoms with E-state index in [1.165, 1.54) is 24.3 Å². The summed E-state index contributed by atoms with van der Waals surface area (Å²) < 4.78 is 20.4. The van der Waals surface area contributed by atoms with Crippen LogP contribution in [0.15, 0.2) is 59.4 Å². The van der Waals surface area contributed by atoms with Crippen LogP contribution in [-0.2, 0) is 4.74 Å². The second-order valence-electron chi connectivity index (χ2n) is 7.46. The molecule has 166 valence electrons. The molecule has 7 nitrogen and oxygen atoms in total. The topological polar surface area (TPSA) is 93.4 Å². The van der Waals surface area contributed by atoms with Crippen LogP contribution in [0.4, 0.5) is 4.39 Å². The summed E-state index contributed by atoms with van der Waals surface area (Å²) in [6, 6.07) is 12.8. The van der Waals surface area contributed by atoms with Crippen LogP contribution in [0.1, 0.15) is 23.2 Å². The van der Waals surface area contributed by atoms with Crippen LogP contribution in [0.25, 0.3) is 16.9 Å². The number of halogens is 2. The third-order valence-electron chi connectivity index (χ3n) is 5.28. The van der Waals surface area contributed by atoms with Gasteiger partial charge in [-0.15, -0.1) is 0 Å². The lowest BCUT2D eigenvalue weighted by molar-refractivity contribution is 0.0502. The van der Waals surface area contributed by atoms with Crippen molar-refractivity contribution in [2.45, 2.75) is 25.0 Å². The highest BCUT2D eigenvalue weighted by Crippen LogP contribution is 2.21. The maximum atomic E-state index is 13.8. The predicted octanol–water partition coefficient (Wildman–Crippen LogP) is 2.96. The van der Waals surface area contributed by atoms with Crippen LogP contribution in [-0.4, -0.2) is 46.2 Å². The van der Waals surface area contributed by atoms with Crippen molar-refractivity contribution < 1.29 is 19.0 Å². The summed E-state index contributed by atoms with van der Waals surface area (Å²) in [6.07, 6.45) is 1.21. The van der Waals surface area contributed by atoms with Crippen molar-refractivity contribution >= 4 is 17.5 Å². The number of ether oxygens (including phenoxy) is 1. The number of aliphatic hydroxyl groups is 1. The molecule has 2 N–H and O–H groups in total. The lowest BCUT2D eigenvalue weighted by Gasteiger charge is -2.22. The molecule has 0 spiro atoms. The highest BCUT2D eigenvalue weighted by Gasteiger charge is 2.28. The van der Waals surface area contributed by atoms with Gasteiger partial charge in [0.1, 0.15) is 11.4 Å². The first kappa shape index (κ1) is 22.1. The Morgan fingerprint density at radius 1 is 1.28 bits per heavy atom. The van der Waals surface area contributed by atoms with Crippen LogP contribution in [0, 0.1) is 5.82 Å². The third kappa shape index (κ3) is 4.72. The molecule has 2 heterocycles. The van der Waals surface area contributed by atoms with Crippen LogP contribution in [0.2, 0.25) is 5.02 Å². The predicted molar refractivity (Wildman–Crippen MR) is 118 cm³/mol. The number of aliphatic hydroxyl groups excluding tert-OH is 1. The van der Waals surface area contributed by atoms with E-state index in [1.54, 1.807) is 24.3 Å². The van der Waals surface area contributed by atoms with Gasteiger partial charge in [0.25, 0.3) is 11.5 Å². The number of nitrogens with one attached hydrogen (secondary N) is 1. The summed E-state index contributed by atoms with van der Waals surface area (Å²) in [5.41, 5.74) is 0.220. The molecule has 2 aromatic carbocycles. The van der Waals surface area contributed by atoms with Crippen molar-refractivity contribution in [1.82, 2.24) is 15.1 Å². The van der Waals surface area contributed by atoms with Crippen LogP contribution < -0.4 is 10.9 Å². The number of amides is 1. The Bertz CT molecular complexity index is 1180. The zero-order valence-electron chi connectivity index (χ0n) is 17.0. The largest absolute Gasteiger partial charge is 0.394 e. The second kappa shape index (κ2) is 9.60. The Hall–Kier alpha value is -3.07. The van der Waals surface area contributed by atoms with E-state index in [-0.39, 0.29) is 24.0 Å². The maximum absolute atomic E-state index is 13.8. The standard InChI is InChI=1S/C23H21ClFN3O4/c24-15-8-6-14(7-9-15)19-12-18(22(30)26-20(13-29)21-5-2-10-32-21)23(31)28(27-19)17-4-1-3-16(25)11-17/h1,3-4,6-9,11-12,20-21,29H,2,5,10,13H2,(H,26,30)/t20-,21+/m1/s1. The van der Waals surface area contributed by atoms with Crippen LogP contribution in [0.5, 0.6) is 0 Å². The van der Waals surface area contributed by atoms with Crippen molar-refractivity contribution in [3.05, 3.63) is 81.4 Å². The van der Waals surface area contributed by atoms with Gasteiger partial charge in [0.05, 0.1) is 30.1 Å². The normalized spacial score (nSPS) is 16.7. The minimum absolute atomic E-state index is 0.178. The van der Waals surface area contributed by atoms with Crippen molar-refractivity contribution in [3.8, 4) is 16.9 Å². The Kier molecular flexibility index (Phi) is 6.64. The molecule has 1 aliphatic rings. The number of nitrogens with zero attached hydrogens (tertiary/aromatic N) is 2. The summed E-state index contributed by atoms with van der Waals surface area (Å²) in [6.45, 7) is 0.225. The van der Waals surface area contributed by atoms with Crippen molar-refractivity contribution in [3.63, 3.8) is 0 Å². The first-order chi connectivity index (χ1) is 15.5. The van der Waals surface area contributed by atoms with Gasteiger partial charge >= 0.3 is 0 Å². The number of hydrogen-bond acceptors (Lipinski definition) is 5. The number of carbonyl (C=O) groups excluding carboxylic acids is 1. The molecule has 9 heteroatoms. The number of rotatable bonds is 6. The van der Waals surface area contributed by atoms with Gasteiger partial charge in [-0.1, -0.05) is 29.8 Å². The maximum Gasteiger partial charge on any atom is 0.284 e. The molecule has 0 saturated carbocycles. The van der Waals surface area contributed by atoms with Gasteiger partial charge in [0, 0.05) is 17.2 Å². The molecule has 0 radical (unpaired) electrons. The van der Waals surface area contributed by atoms with E-state index < -0.39 is 23.3 Å². The summed E-state index contributed by atoms with van der Waals surface area (Å²) in [4.78, 5) is 26.2. The highest BCUT2D eigenvalue weighted by atomic mass is 35.5. The molecule has 0 bridgehead atoms. The quantitative estimate of drug-likeness (QED) is 0.593. The van der Waals surface area contributed by atoms with Crippen molar-refractivity contribution in [2.75, 3.05) is 13.2 Å². The minimum atomic E-state index is -0.713. The Labute approximate surface area is 188 Å². The SMILES string of the molecule is O=C(N[C@H](CO)[C@@H]1CCCO1)c1cc(-c2ccc(Cl)cc2)nn(-c2cccc(F)c2)c1=O. The van der Waals surface area contributed by atoms with E-state index in [9.17, 15) is 19.1 Å². The molecule has 4 rings (SSSR count). The molecule has 1 amide bonds. The Balaban J connectivity index is 1.78. The first-order valence-electron chi connectivity index (χ1n) is 10.2. The van der Waals surface area contributed by atoms with Gasteiger partial charge in [0.15, 0.2) is 0 Å². The molecule has 0 unspecified atom stereocenters. The molecule has 1 aromatic heterocycles. The summed E-state index contributed by atoms with van der Waals surface area (Å²) >= 11 is 5.97. The Morgan fingerprint density at radius 3 is 2.72 bits per heavy atom. The molecular formula is C23H21ClFN3O4. The summed E-state index contributed by atoms with van der Waals surface area (Å²) in [5, 5.41) is 17.3. The third-order valence-corrected chi connectivity index (χ3v) is 5.53. The van der Waals surface area contributed by atoms with E-state index in [0.717, 1.165) is 17.2 Å². The Morgan fingerprint density at radius 2 is 2.06 bits per heavy atom. The molecule has 0 aliphatic carbocycles. The van der Waals surface area contributed by atoms with Gasteiger partial charge in [-0.05, 0) is 49.2 Å². The van der Waals surface area contributed by atoms with E-state index in [0.29, 0.717) is 29.3 Å². The lowest BCUT2D eigenvalue weighted by atomic mass is 10.1. The van der Waals surface area contributed by atoms with E-state index in [4.69, 9.17) is 16.3 Å². The number of hydrogen-bond donors (Lipinski definition) is 2. The van der Waals surface area contributed by atoms with Crippen LogP contribution >= 0.6 is 11.6 Å². The molecular weight excluding hydrogens is 437 g/mol. The zero-order valence-corrected chi connectivity index (χ0v) is 17.8. The van der Waals surface area contributed by atoms with Gasteiger partial charge in [-0.3, -0.25) is 9.59 Å². The van der Waals surface area contributed by atoms with Gasteiger partial charge in [-0.25, -0.2) is 4.39 Å². The first-order valence-corrected chi connectivity index (χ1v) is 10.5. The van der Waals surface area contributed by atoms with Gasteiger partial charge < -0.3 is 15.2 Å². The van der Waals surface area contributed by atoms with Crippen molar-refractivity contribution in [2.24, 2.45) is 0 Å². The molecule has 2 atom stereocenters. The number of benzene rings is 2. The van der Waals surface area contributed by atoms with Gasteiger partial charge in [-0.2, -0.15) is 9.78 Å². The fourth-order valence-corrected chi connectivity index (χ4v) is 3.75. The second-order valence-corrected chi connectivity index (χ2v) is 7.90. The molecule has 1 fully saturated rings. The van der Waals surface area contributed by atoms with Gasteiger partial charge in [0.2, 0.25) is 0 Å². The highest BCUT2D eigenvalue weighted by molar-refractivity contribution is 6.30. The fraction of sp³-hybridized carbons (Fsp3) is 0.261. The van der Waals surface area contributed by atoms with E-state index >= 15 is 0 Å². The molecule has 3 aromatic rings.